The van der Waals surface area contributed by atoms with Gasteiger partial charge in [-0.15, -0.1) is 0 Å². The van der Waals surface area contributed by atoms with Crippen LogP contribution in [0, 0.1) is 5.92 Å². The second-order valence-corrected chi connectivity index (χ2v) is 3.07. The average molecular weight is 125 g/mol. The van der Waals surface area contributed by atoms with E-state index in [4.69, 9.17) is 0 Å². The van der Waals surface area contributed by atoms with Crippen LogP contribution in [0.1, 0.15) is 33.1 Å². The maximum absolute atomic E-state index is 4.40. The van der Waals surface area contributed by atoms with Gasteiger partial charge < -0.3 is 0 Å². The average Bonchev–Trinajstić information content (AvgIpc) is 1.90. The predicted molar refractivity (Wildman–Crippen MR) is 41.0 cm³/mol. The van der Waals surface area contributed by atoms with E-state index in [1.165, 1.54) is 19.3 Å². The molecule has 1 heteroatoms. The van der Waals surface area contributed by atoms with Crippen LogP contribution in [-0.4, -0.2) is 12.3 Å². The first kappa shape index (κ1) is 6.79. The zero-order chi connectivity index (χ0) is 6.69. The van der Waals surface area contributed by atoms with Crippen molar-refractivity contribution in [3.63, 3.8) is 0 Å². The van der Waals surface area contributed by atoms with Crippen LogP contribution in [0.4, 0.5) is 0 Å². The molecule has 1 aliphatic rings. The Balaban J connectivity index is 2.40. The van der Waals surface area contributed by atoms with E-state index in [1.54, 1.807) is 0 Å². The van der Waals surface area contributed by atoms with Crippen LogP contribution in [0.3, 0.4) is 0 Å². The Morgan fingerprint density at radius 3 is 2.67 bits per heavy atom. The van der Waals surface area contributed by atoms with Gasteiger partial charge in [-0.3, -0.25) is 4.99 Å². The summed E-state index contributed by atoms with van der Waals surface area (Å²) in [4.78, 5) is 4.40. The molecule has 0 aliphatic carbocycles. The lowest BCUT2D eigenvalue weighted by Gasteiger charge is -2.18. The minimum atomic E-state index is 0.624. The van der Waals surface area contributed by atoms with Crippen LogP contribution in [0.5, 0.6) is 0 Å². The normalized spacial score (nSPS) is 27.2. The van der Waals surface area contributed by atoms with Gasteiger partial charge in [0.1, 0.15) is 0 Å². The number of hydrogen-bond donors (Lipinski definition) is 0. The molecule has 0 saturated heterocycles. The van der Waals surface area contributed by atoms with E-state index in [2.05, 4.69) is 25.1 Å². The molecule has 0 amide bonds. The maximum Gasteiger partial charge on any atom is 0.0518 e. The number of hydrogen-bond acceptors (Lipinski definition) is 1. The molecule has 0 N–H and O–H groups in total. The quantitative estimate of drug-likeness (QED) is 0.509. The van der Waals surface area contributed by atoms with Crippen molar-refractivity contribution in [3.05, 3.63) is 0 Å². The first-order chi connectivity index (χ1) is 4.30. The molecule has 1 rings (SSSR count). The molecule has 0 aromatic carbocycles. The predicted octanol–water partition coefficient (Wildman–Crippen LogP) is 2.27. The summed E-state index contributed by atoms with van der Waals surface area (Å²) < 4.78 is 0. The first-order valence-corrected chi connectivity index (χ1v) is 3.82. The molecule has 1 heterocycles. The highest BCUT2D eigenvalue weighted by atomic mass is 14.8. The lowest BCUT2D eigenvalue weighted by Crippen LogP contribution is -2.15. The monoisotopic (exact) mass is 125 g/mol. The third kappa shape index (κ3) is 1.81. The first-order valence-electron chi connectivity index (χ1n) is 3.82. The topological polar surface area (TPSA) is 12.4 Å². The largest absolute Gasteiger partial charge is 0.294 e. The molecule has 1 unspecified atom stereocenters. The van der Waals surface area contributed by atoms with Gasteiger partial charge in [-0.1, -0.05) is 13.8 Å². The fourth-order valence-corrected chi connectivity index (χ4v) is 1.21. The van der Waals surface area contributed by atoms with Crippen LogP contribution >= 0.6 is 0 Å². The summed E-state index contributed by atoms with van der Waals surface area (Å²) in [6.07, 6.45) is 5.91. The molecule has 0 aromatic heterocycles. The molecule has 1 nitrogen and oxygen atoms in total. The van der Waals surface area contributed by atoms with Crippen molar-refractivity contribution < 1.29 is 0 Å². The fraction of sp³-hybridized carbons (Fsp3) is 0.875. The summed E-state index contributed by atoms with van der Waals surface area (Å²) in [7, 11) is 0. The van der Waals surface area contributed by atoms with Crippen molar-refractivity contribution in [3.8, 4) is 0 Å². The third-order valence-corrected chi connectivity index (χ3v) is 1.90. The summed E-state index contributed by atoms with van der Waals surface area (Å²) >= 11 is 0. The van der Waals surface area contributed by atoms with E-state index in [9.17, 15) is 0 Å². The Bertz CT molecular complexity index is 105. The Hall–Kier alpha value is -0.330. The summed E-state index contributed by atoms with van der Waals surface area (Å²) in [5, 5.41) is 0. The van der Waals surface area contributed by atoms with Gasteiger partial charge in [0.2, 0.25) is 0 Å². The maximum atomic E-state index is 4.40. The Kier molecular flexibility index (Phi) is 2.26. The zero-order valence-electron chi connectivity index (χ0n) is 6.30. The molecular weight excluding hydrogens is 110 g/mol. The molecule has 0 spiro atoms. The zero-order valence-corrected chi connectivity index (χ0v) is 6.30. The summed E-state index contributed by atoms with van der Waals surface area (Å²) in [5.74, 6) is 0.738. The second kappa shape index (κ2) is 3.00. The molecule has 52 valence electrons. The van der Waals surface area contributed by atoms with Gasteiger partial charge >= 0.3 is 0 Å². The molecule has 0 radical (unpaired) electrons. The van der Waals surface area contributed by atoms with Crippen molar-refractivity contribution in [2.75, 3.05) is 0 Å². The summed E-state index contributed by atoms with van der Waals surface area (Å²) in [5.41, 5.74) is 0. The van der Waals surface area contributed by atoms with Crippen LogP contribution in [0.15, 0.2) is 4.99 Å². The molecule has 0 saturated carbocycles. The summed E-state index contributed by atoms with van der Waals surface area (Å²) in [6.45, 7) is 4.49. The van der Waals surface area contributed by atoms with Crippen LogP contribution in [-0.2, 0) is 0 Å². The van der Waals surface area contributed by atoms with E-state index in [0.29, 0.717) is 6.04 Å². The molecule has 0 bridgehead atoms. The van der Waals surface area contributed by atoms with Gasteiger partial charge in [0, 0.05) is 0 Å². The van der Waals surface area contributed by atoms with Crippen LogP contribution in [0.2, 0.25) is 0 Å². The van der Waals surface area contributed by atoms with Crippen molar-refractivity contribution in [2.45, 2.75) is 39.2 Å². The lowest BCUT2D eigenvalue weighted by molar-refractivity contribution is 0.447. The van der Waals surface area contributed by atoms with Gasteiger partial charge in [-0.2, -0.15) is 0 Å². The minimum absolute atomic E-state index is 0.624. The number of rotatable bonds is 1. The molecule has 1 aliphatic heterocycles. The highest BCUT2D eigenvalue weighted by Crippen LogP contribution is 2.16. The van der Waals surface area contributed by atoms with E-state index >= 15 is 0 Å². The SMILES string of the molecule is CC(C)C1CCCC=N1. The molecular formula is C8H15N. The van der Waals surface area contributed by atoms with E-state index in [0.717, 1.165) is 5.92 Å². The van der Waals surface area contributed by atoms with Crippen molar-refractivity contribution in [2.24, 2.45) is 10.9 Å². The number of nitrogens with zero attached hydrogens (tertiary/aromatic N) is 1. The van der Waals surface area contributed by atoms with E-state index < -0.39 is 0 Å². The van der Waals surface area contributed by atoms with Gasteiger partial charge in [0.15, 0.2) is 0 Å². The fourth-order valence-electron chi connectivity index (χ4n) is 1.21. The standard InChI is InChI=1S/C8H15N/c1-7(2)8-5-3-4-6-9-8/h6-8H,3-5H2,1-2H3. The van der Waals surface area contributed by atoms with Crippen LogP contribution in [0.25, 0.3) is 0 Å². The van der Waals surface area contributed by atoms with Gasteiger partial charge in [0.05, 0.1) is 6.04 Å². The van der Waals surface area contributed by atoms with Crippen molar-refractivity contribution in [1.82, 2.24) is 0 Å². The van der Waals surface area contributed by atoms with Crippen molar-refractivity contribution in [1.29, 1.82) is 0 Å². The highest BCUT2D eigenvalue weighted by Gasteiger charge is 2.12. The van der Waals surface area contributed by atoms with Crippen molar-refractivity contribution >= 4 is 6.21 Å². The molecule has 1 atom stereocenters. The van der Waals surface area contributed by atoms with Gasteiger partial charge in [-0.25, -0.2) is 0 Å². The molecule has 9 heavy (non-hydrogen) atoms. The molecule has 0 fully saturated rings. The third-order valence-electron chi connectivity index (χ3n) is 1.90. The van der Waals surface area contributed by atoms with E-state index in [1.807, 2.05) is 0 Å². The Morgan fingerprint density at radius 1 is 1.56 bits per heavy atom. The second-order valence-electron chi connectivity index (χ2n) is 3.07. The van der Waals surface area contributed by atoms with Gasteiger partial charge in [-0.05, 0) is 31.4 Å². The van der Waals surface area contributed by atoms with Gasteiger partial charge in [0.25, 0.3) is 0 Å². The highest BCUT2D eigenvalue weighted by molar-refractivity contribution is 5.58. The smallest absolute Gasteiger partial charge is 0.0518 e. The summed E-state index contributed by atoms with van der Waals surface area (Å²) in [6, 6.07) is 0.624. The Morgan fingerprint density at radius 2 is 2.33 bits per heavy atom. The van der Waals surface area contributed by atoms with E-state index in [-0.39, 0.29) is 0 Å². The number of aliphatic imine (C=N–C) groups is 1. The van der Waals surface area contributed by atoms with Crippen LogP contribution < -0.4 is 0 Å². The lowest BCUT2D eigenvalue weighted by atomic mass is 9.97. The Labute approximate surface area is 57.2 Å². The molecule has 0 aromatic rings. The minimum Gasteiger partial charge on any atom is -0.294 e.